The van der Waals surface area contributed by atoms with Gasteiger partial charge in [-0.3, -0.25) is 4.79 Å². The quantitative estimate of drug-likeness (QED) is 0.735. The number of carboxylic acids is 1. The van der Waals surface area contributed by atoms with Crippen LogP contribution in [0.1, 0.15) is 32.6 Å². The molecule has 0 aliphatic heterocycles. The summed E-state index contributed by atoms with van der Waals surface area (Å²) in [6.07, 6.45) is 5.01. The Kier molecular flexibility index (Phi) is 3.26. The van der Waals surface area contributed by atoms with Gasteiger partial charge in [0.1, 0.15) is 6.54 Å². The van der Waals surface area contributed by atoms with Crippen molar-refractivity contribution < 1.29 is 14.7 Å². The zero-order chi connectivity index (χ0) is 12.5. The maximum atomic E-state index is 11.8. The first-order valence-electron chi connectivity index (χ1n) is 6.32. The number of carboxylic acid groups (broad SMARTS) is 1. The average molecular weight is 240 g/mol. The molecule has 0 aromatic heterocycles. The minimum absolute atomic E-state index is 0.223. The molecule has 0 heterocycles. The van der Waals surface area contributed by atoms with Gasteiger partial charge in [0.15, 0.2) is 0 Å². The highest BCUT2D eigenvalue weighted by Crippen LogP contribution is 2.60. The van der Waals surface area contributed by atoms with Crippen LogP contribution < -0.4 is 5.32 Å². The van der Waals surface area contributed by atoms with Gasteiger partial charge in [-0.05, 0) is 43.9 Å². The average Bonchev–Trinajstić information content (AvgIpc) is 3.14. The second kappa shape index (κ2) is 4.55. The Bertz CT molecular complexity index is 322. The molecule has 0 saturated heterocycles. The molecule has 2 fully saturated rings. The lowest BCUT2D eigenvalue weighted by Gasteiger charge is -2.22. The molecule has 96 valence electrons. The van der Waals surface area contributed by atoms with Gasteiger partial charge in [0.25, 0.3) is 0 Å². The number of nitrogens with one attached hydrogen (secondary N) is 1. The van der Waals surface area contributed by atoms with Crippen molar-refractivity contribution in [2.45, 2.75) is 32.6 Å². The van der Waals surface area contributed by atoms with Gasteiger partial charge in [0.05, 0.1) is 0 Å². The molecule has 2 saturated carbocycles. The van der Waals surface area contributed by atoms with E-state index in [1.165, 1.54) is 30.6 Å². The first kappa shape index (κ1) is 12.2. The third kappa shape index (κ3) is 2.90. The number of rotatable bonds is 6. The summed E-state index contributed by atoms with van der Waals surface area (Å²) in [4.78, 5) is 23.7. The first-order valence-corrected chi connectivity index (χ1v) is 6.32. The lowest BCUT2D eigenvalue weighted by Crippen LogP contribution is -2.44. The van der Waals surface area contributed by atoms with E-state index in [-0.39, 0.29) is 12.6 Å². The molecule has 2 N–H and O–H groups in total. The number of aliphatic carboxylic acids is 1. The van der Waals surface area contributed by atoms with Gasteiger partial charge in [-0.25, -0.2) is 4.79 Å². The van der Waals surface area contributed by atoms with Crippen LogP contribution in [0, 0.1) is 11.3 Å². The van der Waals surface area contributed by atoms with Crippen molar-refractivity contribution in [3.63, 3.8) is 0 Å². The second-order valence-corrected chi connectivity index (χ2v) is 5.20. The highest BCUT2D eigenvalue weighted by Gasteiger charge is 2.53. The van der Waals surface area contributed by atoms with Crippen LogP contribution in [0.15, 0.2) is 0 Å². The van der Waals surface area contributed by atoms with Crippen LogP contribution in [0.3, 0.4) is 0 Å². The van der Waals surface area contributed by atoms with E-state index in [2.05, 4.69) is 5.32 Å². The number of likely N-dealkylation sites (N-methyl/N-ethyl adjacent to an activating group) is 1. The van der Waals surface area contributed by atoms with Gasteiger partial charge in [-0.15, -0.1) is 0 Å². The fourth-order valence-corrected chi connectivity index (χ4v) is 2.44. The summed E-state index contributed by atoms with van der Waals surface area (Å²) in [5.74, 6) is -0.164. The SMILES string of the molecule is CCN(CC(=O)O)C(=O)NCC1(C2CC2)CC1. The molecule has 2 rings (SSSR count). The Labute approximate surface area is 101 Å². The fourth-order valence-electron chi connectivity index (χ4n) is 2.44. The lowest BCUT2D eigenvalue weighted by atomic mass is 10.0. The van der Waals surface area contributed by atoms with Crippen LogP contribution in [0.25, 0.3) is 0 Å². The summed E-state index contributed by atoms with van der Waals surface area (Å²) in [5, 5.41) is 11.6. The molecular weight excluding hydrogens is 220 g/mol. The van der Waals surface area contributed by atoms with Gasteiger partial charge in [-0.1, -0.05) is 0 Å². The lowest BCUT2D eigenvalue weighted by molar-refractivity contribution is -0.137. The van der Waals surface area contributed by atoms with E-state index in [1.54, 1.807) is 6.92 Å². The highest BCUT2D eigenvalue weighted by molar-refractivity contribution is 5.80. The summed E-state index contributed by atoms with van der Waals surface area (Å²) in [5.41, 5.74) is 0.359. The summed E-state index contributed by atoms with van der Waals surface area (Å²) in [7, 11) is 0. The van der Waals surface area contributed by atoms with E-state index in [9.17, 15) is 9.59 Å². The van der Waals surface area contributed by atoms with E-state index in [1.807, 2.05) is 0 Å². The van der Waals surface area contributed by atoms with Gasteiger partial charge in [-0.2, -0.15) is 0 Å². The number of hydrogen-bond acceptors (Lipinski definition) is 2. The summed E-state index contributed by atoms with van der Waals surface area (Å²) < 4.78 is 0. The maximum absolute atomic E-state index is 11.8. The molecule has 2 aliphatic carbocycles. The monoisotopic (exact) mass is 240 g/mol. The van der Waals surface area contributed by atoms with Crippen molar-refractivity contribution in [2.75, 3.05) is 19.6 Å². The van der Waals surface area contributed by atoms with Gasteiger partial charge in [0, 0.05) is 13.1 Å². The molecule has 5 nitrogen and oxygen atoms in total. The summed E-state index contributed by atoms with van der Waals surface area (Å²) in [6, 6.07) is -0.248. The van der Waals surface area contributed by atoms with E-state index < -0.39 is 5.97 Å². The second-order valence-electron chi connectivity index (χ2n) is 5.20. The molecule has 5 heteroatoms. The van der Waals surface area contributed by atoms with Crippen molar-refractivity contribution in [3.8, 4) is 0 Å². The third-order valence-electron chi connectivity index (χ3n) is 3.92. The molecule has 0 aromatic carbocycles. The summed E-state index contributed by atoms with van der Waals surface area (Å²) >= 11 is 0. The minimum atomic E-state index is -0.967. The number of nitrogens with zero attached hydrogens (tertiary/aromatic N) is 1. The fraction of sp³-hybridized carbons (Fsp3) is 0.833. The molecule has 17 heavy (non-hydrogen) atoms. The molecule has 2 amide bonds. The standard InChI is InChI=1S/C12H20N2O3/c1-2-14(7-10(15)16)11(17)13-8-12(5-6-12)9-3-4-9/h9H,2-8H2,1H3,(H,13,17)(H,15,16). The van der Waals surface area contributed by atoms with Crippen LogP contribution >= 0.6 is 0 Å². The zero-order valence-electron chi connectivity index (χ0n) is 10.2. The molecule has 0 bridgehead atoms. The summed E-state index contributed by atoms with van der Waals surface area (Å²) in [6.45, 7) is 2.70. The Morgan fingerprint density at radius 2 is 2.06 bits per heavy atom. The van der Waals surface area contributed by atoms with E-state index in [0.29, 0.717) is 18.5 Å². The molecule has 0 spiro atoms. The Morgan fingerprint density at radius 3 is 2.47 bits per heavy atom. The Hall–Kier alpha value is -1.26. The van der Waals surface area contributed by atoms with Crippen molar-refractivity contribution in [1.82, 2.24) is 10.2 Å². The molecule has 0 atom stereocenters. The Morgan fingerprint density at radius 1 is 1.41 bits per heavy atom. The third-order valence-corrected chi connectivity index (χ3v) is 3.92. The van der Waals surface area contributed by atoms with Crippen LogP contribution in [-0.4, -0.2) is 41.6 Å². The van der Waals surface area contributed by atoms with E-state index >= 15 is 0 Å². The first-order chi connectivity index (χ1) is 8.07. The number of carbonyl (C=O) groups is 2. The van der Waals surface area contributed by atoms with Crippen molar-refractivity contribution in [2.24, 2.45) is 11.3 Å². The number of amides is 2. The topological polar surface area (TPSA) is 69.6 Å². The van der Waals surface area contributed by atoms with Crippen LogP contribution in [0.2, 0.25) is 0 Å². The van der Waals surface area contributed by atoms with Crippen LogP contribution in [-0.2, 0) is 4.79 Å². The molecule has 0 aromatic rings. The van der Waals surface area contributed by atoms with Gasteiger partial charge >= 0.3 is 12.0 Å². The van der Waals surface area contributed by atoms with Crippen LogP contribution in [0.4, 0.5) is 4.79 Å². The van der Waals surface area contributed by atoms with Gasteiger partial charge < -0.3 is 15.3 Å². The normalized spacial score (nSPS) is 20.8. The Balaban J connectivity index is 1.77. The van der Waals surface area contributed by atoms with Gasteiger partial charge in [0.2, 0.25) is 0 Å². The van der Waals surface area contributed by atoms with E-state index in [4.69, 9.17) is 5.11 Å². The molecule has 0 unspecified atom stereocenters. The highest BCUT2D eigenvalue weighted by atomic mass is 16.4. The molecule has 2 aliphatic rings. The number of hydrogen-bond donors (Lipinski definition) is 2. The zero-order valence-corrected chi connectivity index (χ0v) is 10.2. The largest absolute Gasteiger partial charge is 0.480 e. The number of carbonyl (C=O) groups excluding carboxylic acids is 1. The maximum Gasteiger partial charge on any atom is 0.323 e. The van der Waals surface area contributed by atoms with E-state index in [0.717, 1.165) is 5.92 Å². The number of urea groups is 1. The molecule has 0 radical (unpaired) electrons. The van der Waals surface area contributed by atoms with Crippen molar-refractivity contribution in [1.29, 1.82) is 0 Å². The predicted molar refractivity (Wildman–Crippen MR) is 62.7 cm³/mol. The van der Waals surface area contributed by atoms with Crippen molar-refractivity contribution >= 4 is 12.0 Å². The predicted octanol–water partition coefficient (Wildman–Crippen LogP) is 1.29. The minimum Gasteiger partial charge on any atom is -0.480 e. The van der Waals surface area contributed by atoms with Crippen LogP contribution in [0.5, 0.6) is 0 Å². The smallest absolute Gasteiger partial charge is 0.323 e. The molecular formula is C12H20N2O3. The van der Waals surface area contributed by atoms with Crippen molar-refractivity contribution in [3.05, 3.63) is 0 Å².